The second-order valence-electron chi connectivity index (χ2n) is 6.19. The van der Waals surface area contributed by atoms with Gasteiger partial charge in [0.1, 0.15) is 11.9 Å². The van der Waals surface area contributed by atoms with Crippen molar-refractivity contribution in [3.63, 3.8) is 0 Å². The van der Waals surface area contributed by atoms with Gasteiger partial charge in [-0.3, -0.25) is 0 Å². The van der Waals surface area contributed by atoms with Gasteiger partial charge in [0, 0.05) is 5.41 Å². The lowest BCUT2D eigenvalue weighted by Gasteiger charge is -2.44. The molecule has 1 atom stereocenters. The van der Waals surface area contributed by atoms with Crippen LogP contribution in [0.1, 0.15) is 45.2 Å². The van der Waals surface area contributed by atoms with E-state index in [4.69, 9.17) is 4.74 Å². The van der Waals surface area contributed by atoms with Crippen LogP contribution >= 0.6 is 0 Å². The van der Waals surface area contributed by atoms with Crippen LogP contribution in [0.15, 0.2) is 18.2 Å². The highest BCUT2D eigenvalue weighted by Gasteiger charge is 2.44. The normalized spacial score (nSPS) is 25.2. The third-order valence-corrected chi connectivity index (χ3v) is 4.12. The monoisotopic (exact) mass is 236 g/mol. The van der Waals surface area contributed by atoms with E-state index in [0.717, 1.165) is 11.3 Å². The molecule has 0 saturated heterocycles. The average molecular weight is 236 g/mol. The van der Waals surface area contributed by atoms with E-state index in [1.807, 2.05) is 26.0 Å². The number of hydrogen-bond acceptors (Lipinski definition) is 1. The molecule has 0 spiro atoms. The highest BCUT2D eigenvalue weighted by atomic mass is 19.1. The van der Waals surface area contributed by atoms with Crippen LogP contribution in [-0.4, -0.2) is 13.3 Å². The topological polar surface area (TPSA) is 9.23 Å². The van der Waals surface area contributed by atoms with Crippen molar-refractivity contribution in [3.05, 3.63) is 29.3 Å². The van der Waals surface area contributed by atoms with Gasteiger partial charge in [-0.05, 0) is 35.1 Å². The minimum absolute atomic E-state index is 0.101. The Labute approximate surface area is 103 Å². The molecule has 0 amide bonds. The van der Waals surface area contributed by atoms with Gasteiger partial charge >= 0.3 is 0 Å². The van der Waals surface area contributed by atoms with Crippen LogP contribution in [0.4, 0.5) is 4.39 Å². The summed E-state index contributed by atoms with van der Waals surface area (Å²) in [5.74, 6) is 0.807. The first-order chi connectivity index (χ1) is 7.79. The Hall–Kier alpha value is -1.05. The molecule has 0 aliphatic heterocycles. The van der Waals surface area contributed by atoms with Crippen LogP contribution in [0, 0.1) is 0 Å². The molecule has 1 aliphatic rings. The van der Waals surface area contributed by atoms with Crippen LogP contribution in [0.3, 0.4) is 0 Å². The number of ether oxygens (including phenoxy) is 1. The predicted molar refractivity (Wildman–Crippen MR) is 68.6 cm³/mol. The standard InChI is InChI=1S/C15H21FO/c1-14(2)9-13(16)15(3,4)12-8-10(17-5)6-7-11(12)14/h6-8,13H,9H2,1-5H3. The summed E-state index contributed by atoms with van der Waals surface area (Å²) in [7, 11) is 1.65. The van der Waals surface area contributed by atoms with Gasteiger partial charge in [0.25, 0.3) is 0 Å². The van der Waals surface area contributed by atoms with Crippen molar-refractivity contribution in [2.24, 2.45) is 0 Å². The van der Waals surface area contributed by atoms with Crippen molar-refractivity contribution < 1.29 is 9.13 Å². The molecule has 17 heavy (non-hydrogen) atoms. The smallest absolute Gasteiger partial charge is 0.119 e. The van der Waals surface area contributed by atoms with E-state index in [2.05, 4.69) is 19.9 Å². The summed E-state index contributed by atoms with van der Waals surface area (Å²) in [4.78, 5) is 0. The molecular weight excluding hydrogens is 215 g/mol. The molecule has 0 bridgehead atoms. The second kappa shape index (κ2) is 3.72. The molecule has 1 aliphatic carbocycles. The van der Waals surface area contributed by atoms with Gasteiger partial charge in [-0.2, -0.15) is 0 Å². The van der Waals surface area contributed by atoms with Gasteiger partial charge in [0.2, 0.25) is 0 Å². The van der Waals surface area contributed by atoms with Crippen molar-refractivity contribution in [2.75, 3.05) is 7.11 Å². The average Bonchev–Trinajstić information content (AvgIpc) is 2.26. The van der Waals surface area contributed by atoms with Crippen molar-refractivity contribution in [2.45, 2.75) is 51.1 Å². The molecular formula is C15H21FO. The molecule has 1 unspecified atom stereocenters. The molecule has 94 valence electrons. The lowest BCUT2D eigenvalue weighted by atomic mass is 9.62. The van der Waals surface area contributed by atoms with Gasteiger partial charge in [-0.15, -0.1) is 0 Å². The Bertz CT molecular complexity index is 435. The highest BCUT2D eigenvalue weighted by Crippen LogP contribution is 2.48. The van der Waals surface area contributed by atoms with E-state index >= 15 is 0 Å². The number of fused-ring (bicyclic) bond motifs is 1. The Morgan fingerprint density at radius 2 is 1.82 bits per heavy atom. The fourth-order valence-corrected chi connectivity index (χ4v) is 2.76. The van der Waals surface area contributed by atoms with Crippen molar-refractivity contribution >= 4 is 0 Å². The second-order valence-corrected chi connectivity index (χ2v) is 6.19. The zero-order chi connectivity index (χ0) is 12.8. The number of hydrogen-bond donors (Lipinski definition) is 0. The van der Waals surface area contributed by atoms with Gasteiger partial charge in [-0.1, -0.05) is 33.8 Å². The predicted octanol–water partition coefficient (Wildman–Crippen LogP) is 3.99. The lowest BCUT2D eigenvalue weighted by Crippen LogP contribution is -2.42. The number of methoxy groups -OCH3 is 1. The zero-order valence-electron chi connectivity index (χ0n) is 11.3. The van der Waals surface area contributed by atoms with E-state index in [1.54, 1.807) is 7.11 Å². The zero-order valence-corrected chi connectivity index (χ0v) is 11.3. The van der Waals surface area contributed by atoms with Gasteiger partial charge in [-0.25, -0.2) is 4.39 Å². The number of alkyl halides is 1. The molecule has 0 radical (unpaired) electrons. The summed E-state index contributed by atoms with van der Waals surface area (Å²) in [5.41, 5.74) is 1.80. The largest absolute Gasteiger partial charge is 0.497 e. The summed E-state index contributed by atoms with van der Waals surface area (Å²) in [6.45, 7) is 8.18. The van der Waals surface area contributed by atoms with E-state index in [-0.39, 0.29) is 5.41 Å². The number of benzene rings is 1. The Balaban J connectivity index is 2.64. The highest BCUT2D eigenvalue weighted by molar-refractivity contribution is 5.46. The molecule has 0 N–H and O–H groups in total. The summed E-state index contributed by atoms with van der Waals surface area (Å²) in [6.07, 6.45) is -0.226. The van der Waals surface area contributed by atoms with Gasteiger partial charge in [0.05, 0.1) is 7.11 Å². The maximum atomic E-state index is 14.3. The maximum Gasteiger partial charge on any atom is 0.119 e. The summed E-state index contributed by atoms with van der Waals surface area (Å²) in [5, 5.41) is 0. The van der Waals surface area contributed by atoms with Crippen LogP contribution in [0.25, 0.3) is 0 Å². The molecule has 0 fully saturated rings. The summed E-state index contributed by atoms with van der Waals surface area (Å²) >= 11 is 0. The molecule has 2 rings (SSSR count). The van der Waals surface area contributed by atoms with E-state index in [1.165, 1.54) is 5.56 Å². The van der Waals surface area contributed by atoms with Crippen LogP contribution in [0.2, 0.25) is 0 Å². The number of halogens is 1. The Kier molecular flexibility index (Phi) is 2.72. The van der Waals surface area contributed by atoms with Crippen LogP contribution in [-0.2, 0) is 10.8 Å². The third-order valence-electron chi connectivity index (χ3n) is 4.12. The SMILES string of the molecule is COc1ccc2c(c1)C(C)(C)C(F)CC2(C)C. The first-order valence-corrected chi connectivity index (χ1v) is 6.12. The molecule has 0 aromatic heterocycles. The maximum absolute atomic E-state index is 14.3. The molecule has 1 aromatic carbocycles. The van der Waals surface area contributed by atoms with E-state index in [9.17, 15) is 4.39 Å². The van der Waals surface area contributed by atoms with E-state index < -0.39 is 11.6 Å². The van der Waals surface area contributed by atoms with Gasteiger partial charge in [0.15, 0.2) is 0 Å². The summed E-state index contributed by atoms with van der Waals surface area (Å²) in [6, 6.07) is 6.04. The fourth-order valence-electron chi connectivity index (χ4n) is 2.76. The molecule has 0 saturated carbocycles. The van der Waals surface area contributed by atoms with Crippen molar-refractivity contribution in [3.8, 4) is 5.75 Å². The third kappa shape index (κ3) is 1.84. The Morgan fingerprint density at radius 1 is 1.18 bits per heavy atom. The Morgan fingerprint density at radius 3 is 2.41 bits per heavy atom. The quantitative estimate of drug-likeness (QED) is 0.716. The molecule has 0 heterocycles. The minimum Gasteiger partial charge on any atom is -0.497 e. The molecule has 1 aromatic rings. The van der Waals surface area contributed by atoms with Crippen molar-refractivity contribution in [1.82, 2.24) is 0 Å². The summed E-state index contributed by atoms with van der Waals surface area (Å²) < 4.78 is 19.6. The van der Waals surface area contributed by atoms with E-state index in [0.29, 0.717) is 6.42 Å². The first-order valence-electron chi connectivity index (χ1n) is 6.12. The molecule has 1 nitrogen and oxygen atoms in total. The van der Waals surface area contributed by atoms with Crippen LogP contribution in [0.5, 0.6) is 5.75 Å². The van der Waals surface area contributed by atoms with Crippen LogP contribution < -0.4 is 4.74 Å². The van der Waals surface area contributed by atoms with Crippen molar-refractivity contribution in [1.29, 1.82) is 0 Å². The fraction of sp³-hybridized carbons (Fsp3) is 0.600. The molecule has 2 heteroatoms. The van der Waals surface area contributed by atoms with Gasteiger partial charge < -0.3 is 4.74 Å². The first kappa shape index (κ1) is 12.4. The minimum atomic E-state index is -0.808. The number of rotatable bonds is 1. The lowest BCUT2D eigenvalue weighted by molar-refractivity contribution is 0.149.